The number of amides is 1. The summed E-state index contributed by atoms with van der Waals surface area (Å²) in [6.45, 7) is 2.75. The third kappa shape index (κ3) is 5.51. The van der Waals surface area contributed by atoms with Crippen molar-refractivity contribution in [2.45, 2.75) is 19.5 Å². The number of carbonyl (C=O) groups excluding carboxylic acids is 1. The summed E-state index contributed by atoms with van der Waals surface area (Å²) in [5.41, 5.74) is 2.09. The van der Waals surface area contributed by atoms with Crippen LogP contribution in [0.25, 0.3) is 0 Å². The Balaban J connectivity index is 1.80. The molecule has 2 N–H and O–H groups in total. The van der Waals surface area contributed by atoms with Crippen LogP contribution in [0.1, 0.15) is 24.1 Å². The normalized spacial score (nSPS) is 11.8. The number of rotatable bonds is 7. The number of halogens is 2. The minimum atomic E-state index is -0.0515. The fraction of sp³-hybridized carbons (Fsp3) is 0.278. The van der Waals surface area contributed by atoms with Gasteiger partial charge < -0.3 is 15.4 Å². The van der Waals surface area contributed by atoms with Crippen molar-refractivity contribution >= 4 is 33.4 Å². The van der Waals surface area contributed by atoms with E-state index in [1.165, 1.54) is 0 Å². The first kappa shape index (κ1) is 18.8. The van der Waals surface area contributed by atoms with Crippen LogP contribution in [0.15, 0.2) is 46.9 Å². The minimum absolute atomic E-state index is 0.0495. The molecule has 0 radical (unpaired) electrons. The Hall–Kier alpha value is -1.56. The van der Waals surface area contributed by atoms with Gasteiger partial charge in [0.1, 0.15) is 5.75 Å². The highest BCUT2D eigenvalue weighted by molar-refractivity contribution is 9.10. The van der Waals surface area contributed by atoms with Crippen LogP contribution < -0.4 is 15.4 Å². The van der Waals surface area contributed by atoms with Crippen LogP contribution >= 0.6 is 27.5 Å². The van der Waals surface area contributed by atoms with Crippen LogP contribution in [0.3, 0.4) is 0 Å². The Morgan fingerprint density at radius 3 is 2.58 bits per heavy atom. The highest BCUT2D eigenvalue weighted by Gasteiger charge is 2.10. The first-order valence-corrected chi connectivity index (χ1v) is 8.74. The molecule has 0 saturated heterocycles. The molecule has 0 saturated carbocycles. The molecule has 0 fully saturated rings. The van der Waals surface area contributed by atoms with E-state index < -0.39 is 0 Å². The van der Waals surface area contributed by atoms with Gasteiger partial charge in [0.2, 0.25) is 5.91 Å². The predicted molar refractivity (Wildman–Crippen MR) is 100 cm³/mol. The zero-order valence-electron chi connectivity index (χ0n) is 13.6. The van der Waals surface area contributed by atoms with Crippen LogP contribution in [0, 0.1) is 0 Å². The van der Waals surface area contributed by atoms with E-state index in [4.69, 9.17) is 16.3 Å². The van der Waals surface area contributed by atoms with Gasteiger partial charge in [0.05, 0.1) is 18.1 Å². The molecule has 0 bridgehead atoms. The van der Waals surface area contributed by atoms with Gasteiger partial charge in [-0.25, -0.2) is 0 Å². The van der Waals surface area contributed by atoms with Crippen LogP contribution in [0.5, 0.6) is 5.75 Å². The number of benzene rings is 2. The molecule has 2 aromatic carbocycles. The van der Waals surface area contributed by atoms with Gasteiger partial charge in [-0.05, 0) is 58.2 Å². The SMILES string of the molecule is COc1ccc([C@H](C)NCC(=O)NCc2ccc(Cl)cc2)cc1Br. The lowest BCUT2D eigenvalue weighted by molar-refractivity contribution is -0.120. The van der Waals surface area contributed by atoms with Crippen molar-refractivity contribution < 1.29 is 9.53 Å². The van der Waals surface area contributed by atoms with Crippen LogP contribution in [-0.4, -0.2) is 19.6 Å². The molecule has 1 atom stereocenters. The summed E-state index contributed by atoms with van der Waals surface area (Å²) in [6.07, 6.45) is 0. The maximum absolute atomic E-state index is 12.0. The monoisotopic (exact) mass is 410 g/mol. The van der Waals surface area contributed by atoms with Gasteiger partial charge in [0.25, 0.3) is 0 Å². The molecule has 0 aromatic heterocycles. The van der Waals surface area contributed by atoms with Crippen molar-refractivity contribution in [1.82, 2.24) is 10.6 Å². The number of ether oxygens (including phenoxy) is 1. The van der Waals surface area contributed by atoms with Gasteiger partial charge in [-0.1, -0.05) is 29.8 Å². The molecule has 128 valence electrons. The van der Waals surface area contributed by atoms with Gasteiger partial charge in [-0.3, -0.25) is 4.79 Å². The lowest BCUT2D eigenvalue weighted by Gasteiger charge is -2.15. The molecule has 0 heterocycles. The molecular weight excluding hydrogens is 392 g/mol. The second kappa shape index (κ2) is 9.06. The van der Waals surface area contributed by atoms with E-state index in [0.717, 1.165) is 21.3 Å². The Bertz CT molecular complexity index is 692. The highest BCUT2D eigenvalue weighted by Crippen LogP contribution is 2.27. The zero-order chi connectivity index (χ0) is 17.5. The summed E-state index contributed by atoms with van der Waals surface area (Å²) in [7, 11) is 1.63. The van der Waals surface area contributed by atoms with Crippen LogP contribution in [0.4, 0.5) is 0 Å². The summed E-state index contributed by atoms with van der Waals surface area (Å²) in [5.74, 6) is 0.732. The van der Waals surface area contributed by atoms with Gasteiger partial charge in [0, 0.05) is 17.6 Å². The van der Waals surface area contributed by atoms with E-state index in [-0.39, 0.29) is 18.5 Å². The molecule has 2 rings (SSSR count). The van der Waals surface area contributed by atoms with Crippen LogP contribution in [0.2, 0.25) is 5.02 Å². The number of methoxy groups -OCH3 is 1. The van der Waals surface area contributed by atoms with E-state index in [9.17, 15) is 4.79 Å². The van der Waals surface area contributed by atoms with E-state index in [1.54, 1.807) is 7.11 Å². The topological polar surface area (TPSA) is 50.4 Å². The maximum atomic E-state index is 12.0. The van der Waals surface area contributed by atoms with Crippen molar-refractivity contribution in [1.29, 1.82) is 0 Å². The number of carbonyl (C=O) groups is 1. The molecule has 24 heavy (non-hydrogen) atoms. The summed E-state index contributed by atoms with van der Waals surface area (Å²) in [6, 6.07) is 13.3. The quantitative estimate of drug-likeness (QED) is 0.722. The highest BCUT2D eigenvalue weighted by atomic mass is 79.9. The second-order valence-electron chi connectivity index (χ2n) is 5.40. The fourth-order valence-electron chi connectivity index (χ4n) is 2.18. The van der Waals surface area contributed by atoms with Crippen LogP contribution in [-0.2, 0) is 11.3 Å². The molecule has 4 nitrogen and oxygen atoms in total. The predicted octanol–water partition coefficient (Wildman–Crippen LogP) is 4.08. The van der Waals surface area contributed by atoms with Gasteiger partial charge in [0.15, 0.2) is 0 Å². The summed E-state index contributed by atoms with van der Waals surface area (Å²) >= 11 is 9.31. The maximum Gasteiger partial charge on any atom is 0.234 e. The molecule has 0 aliphatic heterocycles. The smallest absolute Gasteiger partial charge is 0.234 e. The number of nitrogens with one attached hydrogen (secondary N) is 2. The molecule has 6 heteroatoms. The first-order valence-electron chi connectivity index (χ1n) is 7.57. The number of hydrogen-bond acceptors (Lipinski definition) is 3. The minimum Gasteiger partial charge on any atom is -0.496 e. The zero-order valence-corrected chi connectivity index (χ0v) is 15.9. The Morgan fingerprint density at radius 1 is 1.25 bits per heavy atom. The Labute approximate surface area is 155 Å². The third-order valence-electron chi connectivity index (χ3n) is 3.65. The summed E-state index contributed by atoms with van der Waals surface area (Å²) in [5, 5.41) is 6.78. The molecular formula is C18H20BrClN2O2. The van der Waals surface area contributed by atoms with Crippen molar-refractivity contribution in [3.8, 4) is 5.75 Å². The van der Waals surface area contributed by atoms with Crippen molar-refractivity contribution in [2.24, 2.45) is 0 Å². The lowest BCUT2D eigenvalue weighted by Crippen LogP contribution is -2.34. The molecule has 0 unspecified atom stereocenters. The first-order chi connectivity index (χ1) is 11.5. The Morgan fingerprint density at radius 2 is 1.96 bits per heavy atom. The average molecular weight is 412 g/mol. The Kier molecular flexibility index (Phi) is 7.09. The van der Waals surface area contributed by atoms with E-state index >= 15 is 0 Å². The third-order valence-corrected chi connectivity index (χ3v) is 4.52. The molecule has 2 aromatic rings. The van der Waals surface area contributed by atoms with Crippen molar-refractivity contribution in [3.63, 3.8) is 0 Å². The van der Waals surface area contributed by atoms with Gasteiger partial charge in [-0.15, -0.1) is 0 Å². The van der Waals surface area contributed by atoms with Crippen molar-refractivity contribution in [3.05, 3.63) is 63.1 Å². The molecule has 0 aliphatic rings. The molecule has 0 spiro atoms. The van der Waals surface area contributed by atoms with E-state index in [1.807, 2.05) is 49.4 Å². The number of hydrogen-bond donors (Lipinski definition) is 2. The fourth-order valence-corrected chi connectivity index (χ4v) is 2.87. The van der Waals surface area contributed by atoms with Gasteiger partial charge in [-0.2, -0.15) is 0 Å². The van der Waals surface area contributed by atoms with Gasteiger partial charge >= 0.3 is 0 Å². The molecule has 0 aliphatic carbocycles. The summed E-state index contributed by atoms with van der Waals surface area (Å²) in [4.78, 5) is 12.0. The second-order valence-corrected chi connectivity index (χ2v) is 6.69. The average Bonchev–Trinajstić information content (AvgIpc) is 2.59. The van der Waals surface area contributed by atoms with E-state index in [2.05, 4.69) is 26.6 Å². The largest absolute Gasteiger partial charge is 0.496 e. The van der Waals surface area contributed by atoms with E-state index in [0.29, 0.717) is 11.6 Å². The summed E-state index contributed by atoms with van der Waals surface area (Å²) < 4.78 is 6.11. The van der Waals surface area contributed by atoms with Crippen molar-refractivity contribution in [2.75, 3.05) is 13.7 Å². The standard InChI is InChI=1S/C18H20BrClN2O2/c1-12(14-5-8-17(24-2)16(19)9-14)21-11-18(23)22-10-13-3-6-15(20)7-4-13/h3-9,12,21H,10-11H2,1-2H3,(H,22,23)/t12-/m0/s1. The lowest BCUT2D eigenvalue weighted by atomic mass is 10.1. The molecule has 1 amide bonds.